The van der Waals surface area contributed by atoms with Gasteiger partial charge in [-0.3, -0.25) is 24.1 Å². The van der Waals surface area contributed by atoms with Gasteiger partial charge in [-0.25, -0.2) is 4.90 Å². The van der Waals surface area contributed by atoms with Crippen molar-refractivity contribution in [2.24, 2.45) is 23.7 Å². The molecule has 0 spiro atoms. The molecule has 4 aliphatic rings. The number of aryl methyl sites for hydroxylation is 1. The number of fused-ring (bicyclic) bond motifs is 4. The van der Waals surface area contributed by atoms with E-state index in [0.717, 1.165) is 17.6 Å². The van der Waals surface area contributed by atoms with E-state index in [9.17, 15) is 14.7 Å². The summed E-state index contributed by atoms with van der Waals surface area (Å²) in [6.07, 6.45) is 3.21. The SMILES string of the molecule is CCc1ccc(N2C(=O)[C@H]3[C@H](CC=C4[C@H]3C[C@H]3C(=O)N(c5cccc(Cl)c5)C(=O)[C@@]3(c3ccccc3)[C@H]4c3c(OC)cc(O)cc3OC)C2=O)cc1. The molecule has 9 nitrogen and oxygen atoms in total. The van der Waals surface area contributed by atoms with Crippen molar-refractivity contribution in [2.75, 3.05) is 24.0 Å². The van der Waals surface area contributed by atoms with E-state index < -0.39 is 46.8 Å². The highest BCUT2D eigenvalue weighted by molar-refractivity contribution is 6.32. The number of halogens is 1. The molecular formula is C42H37ClN2O7. The number of hydrogen-bond donors (Lipinski definition) is 1. The number of carbonyl (C=O) groups is 4. The van der Waals surface area contributed by atoms with Crippen LogP contribution in [0.1, 0.15) is 42.4 Å². The first-order chi connectivity index (χ1) is 25.1. The van der Waals surface area contributed by atoms with Crippen molar-refractivity contribution in [3.63, 3.8) is 0 Å². The Kier molecular flexibility index (Phi) is 8.21. The fourth-order valence-electron chi connectivity index (χ4n) is 9.40. The summed E-state index contributed by atoms with van der Waals surface area (Å²) in [6.45, 7) is 2.04. The Hall–Kier alpha value is -5.41. The highest BCUT2D eigenvalue weighted by Gasteiger charge is 2.71. The van der Waals surface area contributed by atoms with E-state index in [2.05, 4.69) is 0 Å². The number of rotatable bonds is 7. The second-order valence-electron chi connectivity index (χ2n) is 13.9. The van der Waals surface area contributed by atoms with Crippen molar-refractivity contribution in [2.45, 2.75) is 37.5 Å². The predicted octanol–water partition coefficient (Wildman–Crippen LogP) is 6.99. The smallest absolute Gasteiger partial charge is 0.246 e. The first-order valence-corrected chi connectivity index (χ1v) is 17.8. The Morgan fingerprint density at radius 3 is 2.12 bits per heavy atom. The average molecular weight is 717 g/mol. The zero-order valence-corrected chi connectivity index (χ0v) is 29.7. The second-order valence-corrected chi connectivity index (χ2v) is 14.3. The van der Waals surface area contributed by atoms with Crippen molar-refractivity contribution in [1.82, 2.24) is 0 Å². The van der Waals surface area contributed by atoms with Gasteiger partial charge in [-0.2, -0.15) is 0 Å². The molecule has 2 aliphatic heterocycles. The minimum absolute atomic E-state index is 0.108. The number of nitrogens with zero attached hydrogens (tertiary/aromatic N) is 2. The zero-order chi connectivity index (χ0) is 36.5. The van der Waals surface area contributed by atoms with Crippen LogP contribution in [0.25, 0.3) is 0 Å². The number of hydrogen-bond acceptors (Lipinski definition) is 7. The molecule has 264 valence electrons. The fourth-order valence-corrected chi connectivity index (χ4v) is 9.59. The van der Waals surface area contributed by atoms with Crippen molar-refractivity contribution in [3.05, 3.63) is 124 Å². The van der Waals surface area contributed by atoms with E-state index in [-0.39, 0.29) is 41.9 Å². The number of benzene rings is 4. The Bertz CT molecular complexity index is 2140. The Morgan fingerprint density at radius 1 is 0.788 bits per heavy atom. The molecule has 6 atom stereocenters. The van der Waals surface area contributed by atoms with Crippen molar-refractivity contribution in [1.29, 1.82) is 0 Å². The summed E-state index contributed by atoms with van der Waals surface area (Å²) in [5.41, 5.74) is 2.22. The molecule has 0 aromatic heterocycles. The Labute approximate surface area is 306 Å². The van der Waals surface area contributed by atoms with Crippen LogP contribution in [0.2, 0.25) is 5.02 Å². The summed E-state index contributed by atoms with van der Waals surface area (Å²) in [5.74, 6) is -4.93. The summed E-state index contributed by atoms with van der Waals surface area (Å²) in [6, 6.07) is 26.2. The van der Waals surface area contributed by atoms with Gasteiger partial charge in [0, 0.05) is 28.6 Å². The third-order valence-corrected chi connectivity index (χ3v) is 11.8. The van der Waals surface area contributed by atoms with Crippen LogP contribution in [0.3, 0.4) is 0 Å². The van der Waals surface area contributed by atoms with Crippen LogP contribution in [-0.4, -0.2) is 43.0 Å². The lowest BCUT2D eigenvalue weighted by Crippen LogP contribution is -2.53. The van der Waals surface area contributed by atoms with Crippen LogP contribution in [0, 0.1) is 23.7 Å². The Balaban J connectivity index is 1.38. The molecule has 8 rings (SSSR count). The van der Waals surface area contributed by atoms with E-state index in [1.807, 2.05) is 55.5 Å². The van der Waals surface area contributed by atoms with Crippen LogP contribution >= 0.6 is 11.6 Å². The molecule has 4 amide bonds. The molecule has 2 heterocycles. The van der Waals surface area contributed by atoms with Gasteiger partial charge in [0.1, 0.15) is 17.2 Å². The number of methoxy groups -OCH3 is 2. The number of phenolic OH excluding ortho intramolecular Hbond substituents is 1. The molecule has 0 bridgehead atoms. The van der Waals surface area contributed by atoms with Gasteiger partial charge in [0.05, 0.1) is 48.8 Å². The molecule has 0 unspecified atom stereocenters. The lowest BCUT2D eigenvalue weighted by molar-refractivity contribution is -0.127. The minimum Gasteiger partial charge on any atom is -0.508 e. The van der Waals surface area contributed by atoms with Gasteiger partial charge in [0.25, 0.3) is 0 Å². The van der Waals surface area contributed by atoms with Crippen molar-refractivity contribution >= 4 is 46.6 Å². The summed E-state index contributed by atoms with van der Waals surface area (Å²) in [4.78, 5) is 61.8. The van der Waals surface area contributed by atoms with Gasteiger partial charge in [0.15, 0.2) is 0 Å². The van der Waals surface area contributed by atoms with E-state index >= 15 is 9.59 Å². The molecule has 0 radical (unpaired) electrons. The largest absolute Gasteiger partial charge is 0.508 e. The number of allylic oxidation sites excluding steroid dienone is 2. The summed E-state index contributed by atoms with van der Waals surface area (Å²) < 4.78 is 11.8. The number of ether oxygens (including phenoxy) is 2. The lowest BCUT2D eigenvalue weighted by Gasteiger charge is -2.51. The average Bonchev–Trinajstić information content (AvgIpc) is 3.55. The lowest BCUT2D eigenvalue weighted by atomic mass is 9.49. The predicted molar refractivity (Wildman–Crippen MR) is 196 cm³/mol. The highest BCUT2D eigenvalue weighted by Crippen LogP contribution is 2.66. The molecule has 10 heteroatoms. The van der Waals surface area contributed by atoms with Crippen LogP contribution < -0.4 is 19.3 Å². The van der Waals surface area contributed by atoms with E-state index in [0.29, 0.717) is 27.5 Å². The molecule has 2 saturated heterocycles. The van der Waals surface area contributed by atoms with Gasteiger partial charge >= 0.3 is 0 Å². The van der Waals surface area contributed by atoms with Crippen molar-refractivity contribution in [3.8, 4) is 17.2 Å². The summed E-state index contributed by atoms with van der Waals surface area (Å²) in [5, 5.41) is 11.1. The number of aromatic hydroxyl groups is 1. The first kappa shape index (κ1) is 33.7. The second kappa shape index (κ2) is 12.7. The summed E-state index contributed by atoms with van der Waals surface area (Å²) in [7, 11) is 2.94. The molecule has 2 aliphatic carbocycles. The normalized spacial score (nSPS) is 26.5. The molecule has 4 aromatic carbocycles. The third kappa shape index (κ3) is 4.75. The highest BCUT2D eigenvalue weighted by atomic mass is 35.5. The van der Waals surface area contributed by atoms with Crippen molar-refractivity contribution < 1.29 is 33.8 Å². The van der Waals surface area contributed by atoms with E-state index in [4.69, 9.17) is 21.1 Å². The first-order valence-electron chi connectivity index (χ1n) is 17.5. The van der Waals surface area contributed by atoms with Gasteiger partial charge in [0.2, 0.25) is 23.6 Å². The van der Waals surface area contributed by atoms with E-state index in [1.54, 1.807) is 36.4 Å². The number of imide groups is 2. The van der Waals surface area contributed by atoms with Gasteiger partial charge < -0.3 is 14.6 Å². The van der Waals surface area contributed by atoms with Gasteiger partial charge in [-0.15, -0.1) is 0 Å². The fraction of sp³-hybridized carbons (Fsp3) is 0.286. The van der Waals surface area contributed by atoms with Crippen LogP contribution in [-0.2, 0) is 31.0 Å². The van der Waals surface area contributed by atoms with Crippen LogP contribution in [0.5, 0.6) is 17.2 Å². The molecule has 3 fully saturated rings. The van der Waals surface area contributed by atoms with Crippen LogP contribution in [0.4, 0.5) is 11.4 Å². The number of anilines is 2. The number of carbonyl (C=O) groups excluding carboxylic acids is 4. The quantitative estimate of drug-likeness (QED) is 0.162. The van der Waals surface area contributed by atoms with E-state index in [1.165, 1.54) is 36.2 Å². The van der Waals surface area contributed by atoms with Crippen LogP contribution in [0.15, 0.2) is 103 Å². The van der Waals surface area contributed by atoms with Gasteiger partial charge in [-0.05, 0) is 66.6 Å². The maximum absolute atomic E-state index is 15.5. The molecule has 52 heavy (non-hydrogen) atoms. The maximum atomic E-state index is 15.5. The zero-order valence-electron chi connectivity index (χ0n) is 28.9. The minimum atomic E-state index is -1.53. The molecule has 1 saturated carbocycles. The third-order valence-electron chi connectivity index (χ3n) is 11.6. The maximum Gasteiger partial charge on any atom is 0.246 e. The number of amides is 4. The number of phenols is 1. The molecular weight excluding hydrogens is 680 g/mol. The standard InChI is InChI=1S/C42H37ClN2O7/c1-4-23-13-15-26(16-14-23)44-38(47)30-18-17-29-31(35(30)40(44)49)22-32-39(48)45(27-12-8-11-25(43)19-27)41(50)42(32,24-9-6-5-7-10-24)37(29)36-33(51-2)20-28(46)21-34(36)52-3/h5-17,19-21,30-32,35,37,46H,4,18,22H2,1-3H3/t30-,31+,32-,35-,37+,42+/m0/s1. The molecule has 1 N–H and O–H groups in total. The monoisotopic (exact) mass is 716 g/mol. The van der Waals surface area contributed by atoms with Gasteiger partial charge in [-0.1, -0.05) is 78.7 Å². The Morgan fingerprint density at radius 2 is 1.48 bits per heavy atom. The topological polar surface area (TPSA) is 113 Å². The molecule has 4 aromatic rings. The summed E-state index contributed by atoms with van der Waals surface area (Å²) >= 11 is 6.42.